The molecule has 0 aliphatic carbocycles. The Morgan fingerprint density at radius 3 is 2.65 bits per heavy atom. The number of anilines is 2. The fraction of sp³-hybridized carbons (Fsp3) is 0.348. The number of hydrogen-bond acceptors (Lipinski definition) is 5. The van der Waals surface area contributed by atoms with Gasteiger partial charge in [-0.1, -0.05) is 49.7 Å². The van der Waals surface area contributed by atoms with E-state index in [-0.39, 0.29) is 23.8 Å². The normalized spacial score (nSPS) is 10.9. The molecule has 31 heavy (non-hydrogen) atoms. The van der Waals surface area contributed by atoms with Gasteiger partial charge in [0, 0.05) is 25.4 Å². The van der Waals surface area contributed by atoms with Crippen LogP contribution in [0.4, 0.5) is 11.5 Å². The van der Waals surface area contributed by atoms with Gasteiger partial charge in [-0.2, -0.15) is 0 Å². The van der Waals surface area contributed by atoms with E-state index < -0.39 is 11.2 Å². The van der Waals surface area contributed by atoms with E-state index in [9.17, 15) is 14.4 Å². The van der Waals surface area contributed by atoms with E-state index in [0.29, 0.717) is 19.6 Å². The average molecular weight is 425 g/mol. The first-order chi connectivity index (χ1) is 14.9. The minimum Gasteiger partial charge on any atom is -0.493 e. The first kappa shape index (κ1) is 22.1. The van der Waals surface area contributed by atoms with Crippen molar-refractivity contribution < 1.29 is 9.53 Å². The van der Waals surface area contributed by atoms with Gasteiger partial charge >= 0.3 is 5.69 Å². The van der Waals surface area contributed by atoms with Crippen molar-refractivity contribution >= 4 is 28.2 Å². The van der Waals surface area contributed by atoms with Crippen LogP contribution in [0.1, 0.15) is 32.6 Å². The Bertz CT molecular complexity index is 1180. The van der Waals surface area contributed by atoms with Crippen LogP contribution in [0.3, 0.4) is 0 Å². The summed E-state index contributed by atoms with van der Waals surface area (Å²) in [6, 6.07) is 13.8. The van der Waals surface area contributed by atoms with E-state index in [4.69, 9.17) is 10.5 Å². The molecule has 0 saturated carbocycles. The summed E-state index contributed by atoms with van der Waals surface area (Å²) < 4.78 is 7.17. The second kappa shape index (κ2) is 9.97. The third-order valence-corrected chi connectivity index (χ3v) is 5.20. The van der Waals surface area contributed by atoms with Gasteiger partial charge in [-0.05, 0) is 24.3 Å². The summed E-state index contributed by atoms with van der Waals surface area (Å²) in [7, 11) is 1.49. The number of aromatic nitrogens is 2. The zero-order valence-electron chi connectivity index (χ0n) is 17.9. The van der Waals surface area contributed by atoms with Crippen LogP contribution in [0, 0.1) is 0 Å². The Morgan fingerprint density at radius 1 is 1.13 bits per heavy atom. The van der Waals surface area contributed by atoms with Gasteiger partial charge in [-0.3, -0.25) is 19.1 Å². The number of ether oxygens (including phenoxy) is 1. The Morgan fingerprint density at radius 2 is 1.87 bits per heavy atom. The number of nitrogens with zero attached hydrogens (tertiary/aromatic N) is 2. The zero-order valence-corrected chi connectivity index (χ0v) is 17.9. The number of unbranched alkanes of at least 4 members (excludes halogenated alkanes) is 1. The van der Waals surface area contributed by atoms with Crippen LogP contribution in [-0.4, -0.2) is 29.1 Å². The van der Waals surface area contributed by atoms with Crippen LogP contribution < -0.4 is 26.6 Å². The standard InChI is InChI=1S/C23H28N4O4/c1-3-4-14-27-21(24)20(22(29)25-23(27)30)26(2)19(28)13-8-15-31-18-12-7-10-16-9-5-6-11-17(16)18/h5-7,9-12H,3-4,8,13-15,24H2,1-2H3,(H,25,29,30). The van der Waals surface area contributed by atoms with E-state index >= 15 is 0 Å². The molecule has 0 aliphatic rings. The number of nitrogens with two attached hydrogens (primary N) is 1. The lowest BCUT2D eigenvalue weighted by molar-refractivity contribution is -0.118. The predicted octanol–water partition coefficient (Wildman–Crippen LogP) is 2.89. The third kappa shape index (κ3) is 4.96. The number of nitrogens with one attached hydrogen (secondary N) is 1. The molecule has 1 amide bonds. The summed E-state index contributed by atoms with van der Waals surface area (Å²) in [6.45, 7) is 2.73. The molecule has 2 aromatic carbocycles. The summed E-state index contributed by atoms with van der Waals surface area (Å²) >= 11 is 0. The van der Waals surface area contributed by atoms with Crippen LogP contribution in [-0.2, 0) is 11.3 Å². The Labute approximate surface area is 180 Å². The molecule has 1 heterocycles. The Kier molecular flexibility index (Phi) is 7.12. The molecule has 1 aromatic heterocycles. The molecule has 3 N–H and O–H groups in total. The number of H-pyrrole nitrogens is 1. The van der Waals surface area contributed by atoms with Crippen molar-refractivity contribution in [2.45, 2.75) is 39.2 Å². The van der Waals surface area contributed by atoms with Crippen molar-refractivity contribution in [1.82, 2.24) is 9.55 Å². The van der Waals surface area contributed by atoms with E-state index in [2.05, 4.69) is 4.98 Å². The second-order valence-corrected chi connectivity index (χ2v) is 7.38. The fourth-order valence-electron chi connectivity index (χ4n) is 3.46. The van der Waals surface area contributed by atoms with Crippen LogP contribution >= 0.6 is 0 Å². The molecule has 0 spiro atoms. The number of rotatable bonds is 9. The van der Waals surface area contributed by atoms with E-state index in [0.717, 1.165) is 29.4 Å². The van der Waals surface area contributed by atoms with Crippen molar-refractivity contribution in [2.75, 3.05) is 24.3 Å². The van der Waals surface area contributed by atoms with Gasteiger partial charge in [0.1, 0.15) is 11.6 Å². The number of carbonyl (C=O) groups excluding carboxylic acids is 1. The highest BCUT2D eigenvalue weighted by Gasteiger charge is 2.20. The molecule has 0 saturated heterocycles. The van der Waals surface area contributed by atoms with E-state index in [1.165, 1.54) is 16.5 Å². The average Bonchev–Trinajstić information content (AvgIpc) is 2.76. The molecule has 8 heteroatoms. The SMILES string of the molecule is CCCCn1c(N)c(N(C)C(=O)CCCOc2cccc3ccccc23)c(=O)[nH]c1=O. The maximum Gasteiger partial charge on any atom is 0.330 e. The highest BCUT2D eigenvalue weighted by atomic mass is 16.5. The maximum absolute atomic E-state index is 12.7. The fourth-order valence-corrected chi connectivity index (χ4v) is 3.46. The summed E-state index contributed by atoms with van der Waals surface area (Å²) in [5.74, 6) is 0.493. The van der Waals surface area contributed by atoms with Crippen LogP contribution in [0.25, 0.3) is 10.8 Å². The number of carbonyl (C=O) groups is 1. The van der Waals surface area contributed by atoms with Crippen molar-refractivity contribution in [3.8, 4) is 5.75 Å². The molecule has 3 rings (SSSR count). The van der Waals surface area contributed by atoms with Gasteiger partial charge in [-0.25, -0.2) is 4.79 Å². The molecule has 0 fully saturated rings. The summed E-state index contributed by atoms with van der Waals surface area (Å²) in [4.78, 5) is 40.5. The minimum absolute atomic E-state index is 0.00400. The summed E-state index contributed by atoms with van der Waals surface area (Å²) in [5.41, 5.74) is 4.83. The van der Waals surface area contributed by atoms with Gasteiger partial charge in [-0.15, -0.1) is 0 Å². The monoisotopic (exact) mass is 424 g/mol. The smallest absolute Gasteiger partial charge is 0.330 e. The van der Waals surface area contributed by atoms with Crippen molar-refractivity contribution in [1.29, 1.82) is 0 Å². The summed E-state index contributed by atoms with van der Waals surface area (Å²) in [5, 5.41) is 2.10. The molecule has 8 nitrogen and oxygen atoms in total. The molecule has 0 radical (unpaired) electrons. The largest absolute Gasteiger partial charge is 0.493 e. The van der Waals surface area contributed by atoms with Gasteiger partial charge in [0.2, 0.25) is 5.91 Å². The number of hydrogen-bond donors (Lipinski definition) is 2. The zero-order chi connectivity index (χ0) is 22.4. The van der Waals surface area contributed by atoms with Crippen molar-refractivity contribution in [3.05, 3.63) is 63.3 Å². The van der Waals surface area contributed by atoms with Crippen molar-refractivity contribution in [3.63, 3.8) is 0 Å². The number of fused-ring (bicyclic) bond motifs is 1. The molecule has 164 valence electrons. The van der Waals surface area contributed by atoms with Gasteiger partial charge < -0.3 is 15.4 Å². The Hall–Kier alpha value is -3.55. The molecule has 0 bridgehead atoms. The van der Waals surface area contributed by atoms with Gasteiger partial charge in [0.15, 0.2) is 5.69 Å². The predicted molar refractivity (Wildman–Crippen MR) is 123 cm³/mol. The topological polar surface area (TPSA) is 110 Å². The Balaban J connectivity index is 1.64. The number of nitrogen functional groups attached to an aromatic ring is 1. The number of aromatic amines is 1. The maximum atomic E-state index is 12.7. The van der Waals surface area contributed by atoms with Crippen LogP contribution in [0.5, 0.6) is 5.75 Å². The molecular formula is C23H28N4O4. The van der Waals surface area contributed by atoms with Gasteiger partial charge in [0.05, 0.1) is 6.61 Å². The molecular weight excluding hydrogens is 396 g/mol. The number of amides is 1. The highest BCUT2D eigenvalue weighted by Crippen LogP contribution is 2.25. The van der Waals surface area contributed by atoms with Crippen LogP contribution in [0.15, 0.2) is 52.1 Å². The highest BCUT2D eigenvalue weighted by molar-refractivity contribution is 5.95. The first-order valence-electron chi connectivity index (χ1n) is 10.4. The lowest BCUT2D eigenvalue weighted by atomic mass is 10.1. The second-order valence-electron chi connectivity index (χ2n) is 7.38. The van der Waals surface area contributed by atoms with Crippen LogP contribution in [0.2, 0.25) is 0 Å². The van der Waals surface area contributed by atoms with Gasteiger partial charge in [0.25, 0.3) is 5.56 Å². The molecule has 0 atom stereocenters. The molecule has 3 aromatic rings. The third-order valence-electron chi connectivity index (χ3n) is 5.20. The molecule has 0 aliphatic heterocycles. The van der Waals surface area contributed by atoms with Crippen molar-refractivity contribution in [2.24, 2.45) is 0 Å². The van der Waals surface area contributed by atoms with E-state index in [1.807, 2.05) is 49.4 Å². The molecule has 0 unspecified atom stereocenters. The minimum atomic E-state index is -0.668. The number of benzene rings is 2. The van der Waals surface area contributed by atoms with E-state index in [1.54, 1.807) is 0 Å². The summed E-state index contributed by atoms with van der Waals surface area (Å²) in [6.07, 6.45) is 2.25. The lowest BCUT2D eigenvalue weighted by Crippen LogP contribution is -2.39. The quantitative estimate of drug-likeness (QED) is 0.513. The first-order valence-corrected chi connectivity index (χ1v) is 10.4. The lowest BCUT2D eigenvalue weighted by Gasteiger charge is -2.20.